The minimum atomic E-state index is -0.901. The van der Waals surface area contributed by atoms with E-state index < -0.39 is 5.97 Å². The summed E-state index contributed by atoms with van der Waals surface area (Å²) >= 11 is 1.19. The van der Waals surface area contributed by atoms with E-state index in [0.717, 1.165) is 5.56 Å². The summed E-state index contributed by atoms with van der Waals surface area (Å²) in [6, 6.07) is 18.2. The van der Waals surface area contributed by atoms with E-state index in [1.165, 1.54) is 11.8 Å². The molecule has 22 heavy (non-hydrogen) atoms. The van der Waals surface area contributed by atoms with E-state index in [2.05, 4.69) is 10.9 Å². The number of hydrogen-bond acceptors (Lipinski definition) is 4. The Morgan fingerprint density at radius 1 is 1.00 bits per heavy atom. The monoisotopic (exact) mass is 316 g/mol. The van der Waals surface area contributed by atoms with Crippen molar-refractivity contribution >= 4 is 23.6 Å². The second-order valence-corrected chi connectivity index (χ2v) is 5.55. The molecule has 114 valence electrons. The van der Waals surface area contributed by atoms with Gasteiger partial charge in [-0.25, -0.2) is 5.43 Å². The van der Waals surface area contributed by atoms with Crippen LogP contribution in [-0.2, 0) is 4.79 Å². The summed E-state index contributed by atoms with van der Waals surface area (Å²) < 4.78 is 0. The summed E-state index contributed by atoms with van der Waals surface area (Å²) in [5, 5.41) is 8.49. The van der Waals surface area contributed by atoms with Gasteiger partial charge in [0.2, 0.25) is 0 Å². The molecule has 1 amide bonds. The SMILES string of the molecule is O=C(O)CS[C@H](NNC(=O)c1ccccc1)c1ccccc1. The molecule has 0 saturated carbocycles. The minimum absolute atomic E-state index is 0.0617. The van der Waals surface area contributed by atoms with Crippen molar-refractivity contribution in [1.82, 2.24) is 10.9 Å². The van der Waals surface area contributed by atoms with Gasteiger partial charge in [-0.15, -0.1) is 11.8 Å². The third kappa shape index (κ3) is 4.91. The van der Waals surface area contributed by atoms with Gasteiger partial charge in [0.25, 0.3) is 5.91 Å². The van der Waals surface area contributed by atoms with E-state index in [4.69, 9.17) is 5.11 Å². The van der Waals surface area contributed by atoms with Crippen LogP contribution in [0.5, 0.6) is 0 Å². The van der Waals surface area contributed by atoms with E-state index in [1.54, 1.807) is 24.3 Å². The van der Waals surface area contributed by atoms with E-state index in [1.807, 2.05) is 36.4 Å². The molecule has 3 N–H and O–H groups in total. The average Bonchev–Trinajstić information content (AvgIpc) is 2.56. The van der Waals surface area contributed by atoms with Crippen LogP contribution in [0.25, 0.3) is 0 Å². The summed E-state index contributed by atoms with van der Waals surface area (Å²) in [7, 11) is 0. The largest absolute Gasteiger partial charge is 0.481 e. The number of hydrogen-bond donors (Lipinski definition) is 3. The molecule has 2 rings (SSSR count). The molecule has 0 spiro atoms. The number of benzene rings is 2. The van der Waals surface area contributed by atoms with Crippen LogP contribution in [0.1, 0.15) is 21.3 Å². The van der Waals surface area contributed by atoms with Gasteiger partial charge in [-0.05, 0) is 17.7 Å². The highest BCUT2D eigenvalue weighted by Gasteiger charge is 2.14. The Labute approximate surface area is 132 Å². The molecule has 2 aromatic rings. The molecule has 1 atom stereocenters. The third-order valence-electron chi connectivity index (χ3n) is 2.83. The van der Waals surface area contributed by atoms with Crippen LogP contribution in [0, 0.1) is 0 Å². The number of rotatable bonds is 7. The van der Waals surface area contributed by atoms with Crippen molar-refractivity contribution in [2.24, 2.45) is 0 Å². The van der Waals surface area contributed by atoms with Gasteiger partial charge < -0.3 is 5.11 Å². The molecule has 0 fully saturated rings. The Morgan fingerprint density at radius 2 is 1.59 bits per heavy atom. The quantitative estimate of drug-likeness (QED) is 0.540. The van der Waals surface area contributed by atoms with Gasteiger partial charge in [-0.2, -0.15) is 0 Å². The Bertz CT molecular complexity index is 620. The first-order chi connectivity index (χ1) is 10.7. The van der Waals surface area contributed by atoms with Crippen LogP contribution in [-0.4, -0.2) is 22.7 Å². The highest BCUT2D eigenvalue weighted by molar-refractivity contribution is 8.00. The van der Waals surface area contributed by atoms with Gasteiger partial charge in [-0.1, -0.05) is 48.5 Å². The third-order valence-corrected chi connectivity index (χ3v) is 3.97. The normalized spacial score (nSPS) is 11.6. The number of carboxylic acid groups (broad SMARTS) is 1. The maximum absolute atomic E-state index is 12.0. The second-order valence-electron chi connectivity index (χ2n) is 4.46. The second kappa shape index (κ2) is 8.21. The van der Waals surface area contributed by atoms with Crippen LogP contribution >= 0.6 is 11.8 Å². The topological polar surface area (TPSA) is 78.4 Å². The number of carbonyl (C=O) groups excluding carboxylic acids is 1. The molecule has 0 aliphatic heterocycles. The number of aliphatic carboxylic acids is 1. The predicted molar refractivity (Wildman–Crippen MR) is 86.3 cm³/mol. The Morgan fingerprint density at radius 3 is 2.18 bits per heavy atom. The average molecular weight is 316 g/mol. The van der Waals surface area contributed by atoms with Crippen molar-refractivity contribution < 1.29 is 14.7 Å². The Balaban J connectivity index is 2.00. The molecular weight excluding hydrogens is 300 g/mol. The molecule has 0 heterocycles. The van der Waals surface area contributed by atoms with Gasteiger partial charge in [0.15, 0.2) is 0 Å². The van der Waals surface area contributed by atoms with Crippen molar-refractivity contribution in [2.45, 2.75) is 5.37 Å². The first-order valence-electron chi connectivity index (χ1n) is 6.66. The van der Waals surface area contributed by atoms with Crippen molar-refractivity contribution in [3.63, 3.8) is 0 Å². The molecule has 0 saturated heterocycles. The van der Waals surface area contributed by atoms with Crippen LogP contribution in [0.4, 0.5) is 0 Å². The predicted octanol–water partition coefficient (Wildman–Crippen LogP) is 2.44. The summed E-state index contributed by atoms with van der Waals surface area (Å²) in [6.07, 6.45) is 0. The van der Waals surface area contributed by atoms with Gasteiger partial charge >= 0.3 is 5.97 Å². The fourth-order valence-electron chi connectivity index (χ4n) is 1.80. The molecular formula is C16H16N2O3S. The minimum Gasteiger partial charge on any atom is -0.481 e. The molecule has 0 aliphatic carbocycles. The zero-order valence-corrected chi connectivity index (χ0v) is 12.5. The number of amides is 1. The van der Waals surface area contributed by atoms with Gasteiger partial charge in [0.05, 0.1) is 11.1 Å². The van der Waals surface area contributed by atoms with Crippen LogP contribution in [0.3, 0.4) is 0 Å². The highest BCUT2D eigenvalue weighted by Crippen LogP contribution is 2.25. The number of nitrogens with one attached hydrogen (secondary N) is 2. The van der Waals surface area contributed by atoms with E-state index in [-0.39, 0.29) is 17.0 Å². The lowest BCUT2D eigenvalue weighted by atomic mass is 10.2. The molecule has 5 nitrogen and oxygen atoms in total. The van der Waals surface area contributed by atoms with Gasteiger partial charge in [-0.3, -0.25) is 15.0 Å². The first-order valence-corrected chi connectivity index (χ1v) is 7.71. The van der Waals surface area contributed by atoms with Crippen molar-refractivity contribution in [3.05, 3.63) is 71.8 Å². The van der Waals surface area contributed by atoms with E-state index >= 15 is 0 Å². The van der Waals surface area contributed by atoms with Crippen LogP contribution in [0.2, 0.25) is 0 Å². The lowest BCUT2D eigenvalue weighted by Gasteiger charge is -2.18. The maximum Gasteiger partial charge on any atom is 0.313 e. The molecule has 0 bridgehead atoms. The van der Waals surface area contributed by atoms with E-state index in [0.29, 0.717) is 5.56 Å². The molecule has 0 aromatic heterocycles. The van der Waals surface area contributed by atoms with Crippen molar-refractivity contribution in [2.75, 3.05) is 5.75 Å². The maximum atomic E-state index is 12.0. The lowest BCUT2D eigenvalue weighted by molar-refractivity contribution is -0.133. The van der Waals surface area contributed by atoms with E-state index in [9.17, 15) is 9.59 Å². The molecule has 0 radical (unpaired) electrons. The number of hydrazine groups is 1. The van der Waals surface area contributed by atoms with Crippen molar-refractivity contribution in [3.8, 4) is 0 Å². The summed E-state index contributed by atoms with van der Waals surface area (Å²) in [6.45, 7) is 0. The molecule has 6 heteroatoms. The summed E-state index contributed by atoms with van der Waals surface area (Å²) in [5.74, 6) is -1.23. The number of thioether (sulfide) groups is 1. The van der Waals surface area contributed by atoms with Gasteiger partial charge in [0.1, 0.15) is 0 Å². The standard InChI is InChI=1S/C16H16N2O3S/c19-14(20)11-22-16(13-9-5-2-6-10-13)18-17-15(21)12-7-3-1-4-8-12/h1-10,16,18H,11H2,(H,17,21)(H,19,20)/t16-/m0/s1. The Hall–Kier alpha value is -2.31. The molecule has 0 unspecified atom stereocenters. The first kappa shape index (κ1) is 16.1. The van der Waals surface area contributed by atoms with Crippen LogP contribution in [0.15, 0.2) is 60.7 Å². The highest BCUT2D eigenvalue weighted by atomic mass is 32.2. The summed E-state index contributed by atoms with van der Waals surface area (Å²) in [5.41, 5.74) is 6.93. The number of carbonyl (C=O) groups is 2. The zero-order valence-electron chi connectivity index (χ0n) is 11.7. The fraction of sp³-hybridized carbons (Fsp3) is 0.125. The van der Waals surface area contributed by atoms with Gasteiger partial charge in [0, 0.05) is 5.56 Å². The molecule has 2 aromatic carbocycles. The number of carboxylic acids is 1. The van der Waals surface area contributed by atoms with Crippen molar-refractivity contribution in [1.29, 1.82) is 0 Å². The summed E-state index contributed by atoms with van der Waals surface area (Å²) in [4.78, 5) is 22.8. The smallest absolute Gasteiger partial charge is 0.313 e. The van der Waals surface area contributed by atoms with Crippen LogP contribution < -0.4 is 10.9 Å². The Kier molecular flexibility index (Phi) is 6.00. The zero-order chi connectivity index (χ0) is 15.8. The fourth-order valence-corrected chi connectivity index (χ4v) is 2.60. The molecule has 0 aliphatic rings. The lowest BCUT2D eigenvalue weighted by Crippen LogP contribution is -2.39.